The van der Waals surface area contributed by atoms with Crippen LogP contribution in [-0.4, -0.2) is 27.3 Å². The Morgan fingerprint density at radius 2 is 1.88 bits per heavy atom. The first-order valence-corrected chi connectivity index (χ1v) is 8.36. The summed E-state index contributed by atoms with van der Waals surface area (Å²) >= 11 is 2.22. The van der Waals surface area contributed by atoms with Crippen molar-refractivity contribution >= 4 is 34.2 Å². The van der Waals surface area contributed by atoms with Crippen molar-refractivity contribution in [2.24, 2.45) is 0 Å². The molecule has 3 rings (SSSR count). The first kappa shape index (κ1) is 16.4. The molecular formula is C17H15IN4O2. The third kappa shape index (κ3) is 4.79. The van der Waals surface area contributed by atoms with Gasteiger partial charge in [0.05, 0.1) is 6.54 Å². The minimum Gasteiger partial charge on any atom is -0.484 e. The van der Waals surface area contributed by atoms with Gasteiger partial charge >= 0.3 is 0 Å². The molecule has 0 saturated carbocycles. The summed E-state index contributed by atoms with van der Waals surface area (Å²) in [7, 11) is 0. The van der Waals surface area contributed by atoms with Crippen molar-refractivity contribution in [1.29, 1.82) is 0 Å². The van der Waals surface area contributed by atoms with Gasteiger partial charge < -0.3 is 10.1 Å². The van der Waals surface area contributed by atoms with Crippen molar-refractivity contribution < 1.29 is 9.53 Å². The fraction of sp³-hybridized carbons (Fsp3) is 0.118. The maximum absolute atomic E-state index is 11.9. The number of nitrogens with one attached hydrogen (secondary N) is 1. The molecule has 0 spiro atoms. The predicted molar refractivity (Wildman–Crippen MR) is 98.8 cm³/mol. The first-order chi connectivity index (χ1) is 11.7. The summed E-state index contributed by atoms with van der Waals surface area (Å²) in [5, 5.41) is 6.87. The second kappa shape index (κ2) is 7.91. The molecule has 7 heteroatoms. The molecule has 3 aromatic rings. The Hall–Kier alpha value is -2.42. The summed E-state index contributed by atoms with van der Waals surface area (Å²) in [6.45, 7) is 0.617. The van der Waals surface area contributed by atoms with Crippen LogP contribution in [0.25, 0.3) is 0 Å². The number of ether oxygens (including phenoxy) is 1. The quantitative estimate of drug-likeness (QED) is 0.606. The molecule has 0 aliphatic rings. The molecule has 0 unspecified atom stereocenters. The molecule has 1 heterocycles. The van der Waals surface area contributed by atoms with Crippen LogP contribution in [0.5, 0.6) is 5.75 Å². The summed E-state index contributed by atoms with van der Waals surface area (Å²) in [6, 6.07) is 15.1. The minimum atomic E-state index is -0.197. The number of hydrogen-bond acceptors (Lipinski definition) is 4. The Morgan fingerprint density at radius 1 is 1.12 bits per heavy atom. The molecule has 0 saturated heterocycles. The van der Waals surface area contributed by atoms with Crippen LogP contribution in [0.1, 0.15) is 5.56 Å². The average molecular weight is 434 g/mol. The molecule has 24 heavy (non-hydrogen) atoms. The van der Waals surface area contributed by atoms with E-state index in [-0.39, 0.29) is 12.5 Å². The number of amides is 1. The van der Waals surface area contributed by atoms with E-state index in [9.17, 15) is 4.79 Å². The molecule has 122 valence electrons. The predicted octanol–water partition coefficient (Wildman–Crippen LogP) is 2.95. The number of halogens is 1. The fourth-order valence-electron chi connectivity index (χ4n) is 2.07. The number of carbonyl (C=O) groups excluding carboxylic acids is 1. The van der Waals surface area contributed by atoms with Gasteiger partial charge in [0, 0.05) is 9.26 Å². The van der Waals surface area contributed by atoms with Gasteiger partial charge in [-0.15, -0.1) is 0 Å². The highest BCUT2D eigenvalue weighted by Crippen LogP contribution is 2.14. The minimum absolute atomic E-state index is 0.0265. The maximum atomic E-state index is 11.9. The normalized spacial score (nSPS) is 10.4. The number of anilines is 1. The van der Waals surface area contributed by atoms with E-state index in [0.29, 0.717) is 12.3 Å². The van der Waals surface area contributed by atoms with Gasteiger partial charge in [-0.2, -0.15) is 5.10 Å². The van der Waals surface area contributed by atoms with Crippen LogP contribution in [0.15, 0.2) is 61.2 Å². The van der Waals surface area contributed by atoms with E-state index < -0.39 is 0 Å². The lowest BCUT2D eigenvalue weighted by Crippen LogP contribution is -2.20. The highest BCUT2D eigenvalue weighted by Gasteiger charge is 2.04. The summed E-state index contributed by atoms with van der Waals surface area (Å²) in [5.41, 5.74) is 1.81. The zero-order chi connectivity index (χ0) is 16.8. The molecule has 2 aromatic carbocycles. The zero-order valence-electron chi connectivity index (χ0n) is 12.7. The van der Waals surface area contributed by atoms with Crippen molar-refractivity contribution in [3.8, 4) is 5.75 Å². The van der Waals surface area contributed by atoms with E-state index in [1.165, 1.54) is 6.33 Å². The summed E-state index contributed by atoms with van der Waals surface area (Å²) in [5.74, 6) is 0.478. The highest BCUT2D eigenvalue weighted by atomic mass is 127. The molecular weight excluding hydrogens is 419 g/mol. The van der Waals surface area contributed by atoms with Crippen LogP contribution in [-0.2, 0) is 11.3 Å². The van der Waals surface area contributed by atoms with Gasteiger partial charge in [0.1, 0.15) is 18.4 Å². The van der Waals surface area contributed by atoms with Crippen molar-refractivity contribution in [2.75, 3.05) is 11.9 Å². The van der Waals surface area contributed by atoms with Crippen LogP contribution >= 0.6 is 22.6 Å². The number of aromatic nitrogens is 3. The topological polar surface area (TPSA) is 69.0 Å². The fourth-order valence-corrected chi connectivity index (χ4v) is 2.43. The molecule has 0 radical (unpaired) electrons. The Morgan fingerprint density at radius 3 is 2.54 bits per heavy atom. The monoisotopic (exact) mass is 434 g/mol. The number of nitrogens with zero attached hydrogens (tertiary/aromatic N) is 3. The Balaban J connectivity index is 1.49. The molecule has 1 aromatic heterocycles. The second-order valence-corrected chi connectivity index (χ2v) is 6.33. The first-order valence-electron chi connectivity index (χ1n) is 7.28. The van der Waals surface area contributed by atoms with Crippen LogP contribution in [0, 0.1) is 3.57 Å². The van der Waals surface area contributed by atoms with Crippen LogP contribution in [0.3, 0.4) is 0 Å². The van der Waals surface area contributed by atoms with Gasteiger partial charge in [0.15, 0.2) is 6.61 Å². The van der Waals surface area contributed by atoms with Gasteiger partial charge in [-0.1, -0.05) is 12.1 Å². The summed E-state index contributed by atoms with van der Waals surface area (Å²) in [6.07, 6.45) is 3.17. The van der Waals surface area contributed by atoms with Gasteiger partial charge in [0.25, 0.3) is 5.91 Å². The summed E-state index contributed by atoms with van der Waals surface area (Å²) < 4.78 is 8.31. The van der Waals surface area contributed by atoms with Crippen LogP contribution < -0.4 is 10.1 Å². The SMILES string of the molecule is O=C(COc1ccc(I)cc1)Nc1ccc(Cn2cncn2)cc1. The Labute approximate surface area is 153 Å². The molecule has 1 N–H and O–H groups in total. The van der Waals surface area contributed by atoms with Gasteiger partial charge in [-0.25, -0.2) is 9.67 Å². The smallest absolute Gasteiger partial charge is 0.262 e. The molecule has 0 bridgehead atoms. The average Bonchev–Trinajstić information content (AvgIpc) is 3.09. The zero-order valence-corrected chi connectivity index (χ0v) is 14.9. The lowest BCUT2D eigenvalue weighted by Gasteiger charge is -2.08. The Bertz CT molecular complexity index is 786. The van der Waals surface area contributed by atoms with Crippen LogP contribution in [0.4, 0.5) is 5.69 Å². The van der Waals surface area contributed by atoms with Gasteiger partial charge in [-0.05, 0) is 64.6 Å². The summed E-state index contributed by atoms with van der Waals surface area (Å²) in [4.78, 5) is 15.8. The molecule has 6 nitrogen and oxygen atoms in total. The lowest BCUT2D eigenvalue weighted by atomic mass is 10.2. The lowest BCUT2D eigenvalue weighted by molar-refractivity contribution is -0.118. The number of rotatable bonds is 6. The maximum Gasteiger partial charge on any atom is 0.262 e. The third-order valence-corrected chi connectivity index (χ3v) is 3.95. The number of hydrogen-bond donors (Lipinski definition) is 1. The van der Waals surface area contributed by atoms with E-state index >= 15 is 0 Å². The Kier molecular flexibility index (Phi) is 5.42. The van der Waals surface area contributed by atoms with Gasteiger partial charge in [-0.3, -0.25) is 4.79 Å². The standard InChI is InChI=1S/C17H15IN4O2/c18-14-3-7-16(8-4-14)24-10-17(23)21-15-5-1-13(2-6-15)9-22-12-19-11-20-22/h1-8,11-12H,9-10H2,(H,21,23). The third-order valence-electron chi connectivity index (χ3n) is 3.23. The second-order valence-electron chi connectivity index (χ2n) is 5.08. The van der Waals surface area contributed by atoms with E-state index in [2.05, 4.69) is 38.0 Å². The van der Waals surface area contributed by atoms with E-state index in [0.717, 1.165) is 14.8 Å². The number of carbonyl (C=O) groups is 1. The highest BCUT2D eigenvalue weighted by molar-refractivity contribution is 14.1. The molecule has 0 aliphatic carbocycles. The van der Waals surface area contributed by atoms with E-state index in [1.807, 2.05) is 48.5 Å². The van der Waals surface area contributed by atoms with E-state index in [4.69, 9.17) is 4.74 Å². The molecule has 0 atom stereocenters. The molecule has 1 amide bonds. The van der Waals surface area contributed by atoms with Crippen molar-refractivity contribution in [1.82, 2.24) is 14.8 Å². The molecule has 0 aliphatic heterocycles. The van der Waals surface area contributed by atoms with Crippen LogP contribution in [0.2, 0.25) is 0 Å². The van der Waals surface area contributed by atoms with Crippen molar-refractivity contribution in [2.45, 2.75) is 6.54 Å². The van der Waals surface area contributed by atoms with Crippen molar-refractivity contribution in [3.05, 3.63) is 70.3 Å². The van der Waals surface area contributed by atoms with Crippen molar-refractivity contribution in [3.63, 3.8) is 0 Å². The van der Waals surface area contributed by atoms with Gasteiger partial charge in [0.2, 0.25) is 0 Å². The number of benzene rings is 2. The molecule has 0 fully saturated rings. The largest absolute Gasteiger partial charge is 0.484 e. The van der Waals surface area contributed by atoms with E-state index in [1.54, 1.807) is 11.0 Å².